The van der Waals surface area contributed by atoms with Crippen LogP contribution in [0.4, 0.5) is 0 Å². The molecule has 144 valence electrons. The molecule has 1 aromatic carbocycles. The van der Waals surface area contributed by atoms with Crippen molar-refractivity contribution in [2.45, 2.75) is 49.9 Å². The van der Waals surface area contributed by atoms with Gasteiger partial charge in [0.15, 0.2) is 5.82 Å². The number of nitrogens with zero attached hydrogens (tertiary/aromatic N) is 3. The lowest BCUT2D eigenvalue weighted by atomic mass is 9.71. The Morgan fingerprint density at radius 1 is 1.11 bits per heavy atom. The monoisotopic (exact) mass is 388 g/mol. The summed E-state index contributed by atoms with van der Waals surface area (Å²) < 4.78 is 29.9. The highest BCUT2D eigenvalue weighted by Gasteiger charge is 2.58. The predicted molar refractivity (Wildman–Crippen MR) is 99.2 cm³/mol. The smallest absolute Gasteiger partial charge is 0.276 e. The highest BCUT2D eigenvalue weighted by atomic mass is 32.2. The molecule has 1 aromatic heterocycles. The zero-order chi connectivity index (χ0) is 18.6. The van der Waals surface area contributed by atoms with E-state index in [1.54, 1.807) is 0 Å². The van der Waals surface area contributed by atoms with Gasteiger partial charge in [0.25, 0.3) is 10.2 Å². The van der Waals surface area contributed by atoms with E-state index in [0.717, 1.165) is 43.8 Å². The van der Waals surface area contributed by atoms with Crippen molar-refractivity contribution in [2.75, 3.05) is 13.1 Å². The lowest BCUT2D eigenvalue weighted by Gasteiger charge is -2.33. The highest BCUT2D eigenvalue weighted by Crippen LogP contribution is 2.64. The summed E-state index contributed by atoms with van der Waals surface area (Å²) in [5.74, 6) is 2.80. The number of benzene rings is 1. The molecule has 0 unspecified atom stereocenters. The van der Waals surface area contributed by atoms with Gasteiger partial charge in [0.2, 0.25) is 5.89 Å². The van der Waals surface area contributed by atoms with Crippen molar-refractivity contribution in [3.8, 4) is 0 Å². The number of piperidine rings is 1. The number of aromatic nitrogens is 2. The van der Waals surface area contributed by atoms with E-state index in [-0.39, 0.29) is 5.41 Å². The molecule has 1 atom stereocenters. The van der Waals surface area contributed by atoms with Crippen molar-refractivity contribution in [1.29, 1.82) is 0 Å². The molecule has 7 nitrogen and oxygen atoms in total. The zero-order valence-electron chi connectivity index (χ0n) is 15.1. The van der Waals surface area contributed by atoms with Gasteiger partial charge in [-0.15, -0.1) is 0 Å². The van der Waals surface area contributed by atoms with Gasteiger partial charge in [0.05, 0.1) is 0 Å². The van der Waals surface area contributed by atoms with E-state index in [1.165, 1.54) is 9.87 Å². The van der Waals surface area contributed by atoms with E-state index in [9.17, 15) is 8.42 Å². The molecule has 0 amide bonds. The second-order valence-corrected chi connectivity index (χ2v) is 9.88. The molecular formula is C19H24N4O3S. The zero-order valence-corrected chi connectivity index (χ0v) is 15.9. The van der Waals surface area contributed by atoms with Gasteiger partial charge in [0, 0.05) is 24.9 Å². The minimum absolute atomic E-state index is 0.133. The molecule has 2 N–H and O–H groups in total. The van der Waals surface area contributed by atoms with Crippen molar-refractivity contribution in [2.24, 2.45) is 10.6 Å². The average Bonchev–Trinajstić information content (AvgIpc) is 3.08. The summed E-state index contributed by atoms with van der Waals surface area (Å²) in [5.41, 5.74) is 1.52. The summed E-state index contributed by atoms with van der Waals surface area (Å²) >= 11 is 0. The predicted octanol–water partition coefficient (Wildman–Crippen LogP) is 2.50. The Morgan fingerprint density at radius 3 is 2.48 bits per heavy atom. The number of nitrogens with two attached hydrogens (primary N) is 1. The van der Waals surface area contributed by atoms with Gasteiger partial charge >= 0.3 is 0 Å². The molecular weight excluding hydrogens is 364 g/mol. The second kappa shape index (κ2) is 6.12. The van der Waals surface area contributed by atoms with Crippen molar-refractivity contribution in [3.05, 3.63) is 47.6 Å². The molecule has 1 saturated heterocycles. The lowest BCUT2D eigenvalue weighted by Crippen LogP contribution is -2.43. The minimum Gasteiger partial charge on any atom is -0.339 e. The third-order valence-corrected chi connectivity index (χ3v) is 7.88. The third kappa shape index (κ3) is 3.09. The van der Waals surface area contributed by atoms with Crippen LogP contribution >= 0.6 is 0 Å². The Morgan fingerprint density at radius 2 is 1.81 bits per heavy atom. The molecule has 2 aromatic rings. The van der Waals surface area contributed by atoms with Crippen LogP contribution in [0.25, 0.3) is 0 Å². The Hall–Kier alpha value is -1.77. The third-order valence-electron chi connectivity index (χ3n) is 6.80. The highest BCUT2D eigenvalue weighted by molar-refractivity contribution is 7.86. The Balaban J connectivity index is 1.20. The summed E-state index contributed by atoms with van der Waals surface area (Å²) in [6.45, 7) is 0.975. The molecule has 2 aliphatic carbocycles. The standard InChI is InChI=1S/C19H24N4O3S/c20-27(24,25)23-8-6-19(7-9-23)12-16(19)17-21-18(26-22-17)15-10-14(11-15)13-4-2-1-3-5-13/h1-5,14-16H,6-12H2,(H2,20,24,25)/t14?,15?,16-/m0/s1. The molecule has 3 fully saturated rings. The molecule has 8 heteroatoms. The van der Waals surface area contributed by atoms with Gasteiger partial charge in [-0.3, -0.25) is 0 Å². The van der Waals surface area contributed by atoms with Crippen molar-refractivity contribution in [3.63, 3.8) is 0 Å². The van der Waals surface area contributed by atoms with Crippen molar-refractivity contribution >= 4 is 10.2 Å². The largest absolute Gasteiger partial charge is 0.339 e. The van der Waals surface area contributed by atoms with Gasteiger partial charge in [-0.05, 0) is 49.0 Å². The average molecular weight is 388 g/mol. The van der Waals surface area contributed by atoms with E-state index in [4.69, 9.17) is 14.6 Å². The second-order valence-electron chi connectivity index (χ2n) is 8.33. The Labute approximate surface area is 159 Å². The summed E-state index contributed by atoms with van der Waals surface area (Å²) in [5, 5.41) is 9.49. The lowest BCUT2D eigenvalue weighted by molar-refractivity contribution is 0.248. The summed E-state index contributed by atoms with van der Waals surface area (Å²) in [6.07, 6.45) is 4.77. The molecule has 0 bridgehead atoms. The van der Waals surface area contributed by atoms with Crippen LogP contribution in [0.1, 0.15) is 67.1 Å². The Bertz CT molecular complexity index is 929. The molecule has 3 aliphatic rings. The van der Waals surface area contributed by atoms with Gasteiger partial charge in [-0.2, -0.15) is 17.7 Å². The maximum Gasteiger partial charge on any atom is 0.276 e. The normalized spacial score (nSPS) is 30.2. The van der Waals surface area contributed by atoms with Crippen LogP contribution in [0, 0.1) is 5.41 Å². The van der Waals surface area contributed by atoms with Gasteiger partial charge in [-0.1, -0.05) is 35.5 Å². The van der Waals surface area contributed by atoms with E-state index >= 15 is 0 Å². The molecule has 1 spiro atoms. The quantitative estimate of drug-likeness (QED) is 0.867. The minimum atomic E-state index is -3.58. The number of rotatable bonds is 4. The summed E-state index contributed by atoms with van der Waals surface area (Å²) in [4.78, 5) is 4.71. The van der Waals surface area contributed by atoms with Gasteiger partial charge in [-0.25, -0.2) is 5.14 Å². The topological polar surface area (TPSA) is 102 Å². The van der Waals surface area contributed by atoms with Crippen molar-refractivity contribution in [1.82, 2.24) is 14.4 Å². The maximum absolute atomic E-state index is 11.5. The van der Waals surface area contributed by atoms with E-state index in [2.05, 4.69) is 29.4 Å². The first kappa shape index (κ1) is 17.3. The molecule has 27 heavy (non-hydrogen) atoms. The van der Waals surface area contributed by atoms with E-state index in [1.807, 2.05) is 6.07 Å². The summed E-state index contributed by atoms with van der Waals surface area (Å²) in [6, 6.07) is 10.6. The van der Waals surface area contributed by atoms with Crippen molar-refractivity contribution < 1.29 is 12.9 Å². The SMILES string of the molecule is NS(=O)(=O)N1CCC2(CC1)C[C@H]2c1noc(C2CC(c3ccccc3)C2)n1. The van der Waals surface area contributed by atoms with Crippen LogP contribution < -0.4 is 5.14 Å². The van der Waals surface area contributed by atoms with Crippen LogP contribution in [0.5, 0.6) is 0 Å². The first-order chi connectivity index (χ1) is 12.9. The first-order valence-electron chi connectivity index (χ1n) is 9.61. The van der Waals surface area contributed by atoms with Crippen LogP contribution in [-0.2, 0) is 10.2 Å². The summed E-state index contributed by atoms with van der Waals surface area (Å²) in [7, 11) is -3.58. The molecule has 2 saturated carbocycles. The fraction of sp³-hybridized carbons (Fsp3) is 0.579. The fourth-order valence-electron chi connectivity index (χ4n) is 4.82. The molecule has 0 radical (unpaired) electrons. The maximum atomic E-state index is 11.5. The van der Waals surface area contributed by atoms with Crippen LogP contribution in [-0.4, -0.2) is 36.0 Å². The Kier molecular flexibility index (Phi) is 3.93. The van der Waals surface area contributed by atoms with E-state index < -0.39 is 10.2 Å². The molecule has 2 heterocycles. The van der Waals surface area contributed by atoms with E-state index in [0.29, 0.717) is 30.8 Å². The van der Waals surface area contributed by atoms with Gasteiger partial charge in [0.1, 0.15) is 0 Å². The molecule has 5 rings (SSSR count). The molecule has 1 aliphatic heterocycles. The van der Waals surface area contributed by atoms with Crippen LogP contribution in [0.3, 0.4) is 0 Å². The fourth-order valence-corrected chi connectivity index (χ4v) is 5.51. The number of hydrogen-bond acceptors (Lipinski definition) is 5. The van der Waals surface area contributed by atoms with Crippen LogP contribution in [0.2, 0.25) is 0 Å². The first-order valence-corrected chi connectivity index (χ1v) is 11.1. The van der Waals surface area contributed by atoms with Gasteiger partial charge < -0.3 is 4.52 Å². The number of hydrogen-bond donors (Lipinski definition) is 1. The van der Waals surface area contributed by atoms with Crippen LogP contribution in [0.15, 0.2) is 34.9 Å².